The van der Waals surface area contributed by atoms with Crippen molar-refractivity contribution in [3.8, 4) is 0 Å². The van der Waals surface area contributed by atoms with Gasteiger partial charge >= 0.3 is 0 Å². The van der Waals surface area contributed by atoms with E-state index in [-0.39, 0.29) is 17.5 Å². The van der Waals surface area contributed by atoms with Gasteiger partial charge in [-0.25, -0.2) is 4.98 Å². The molecule has 1 aromatic carbocycles. The molecule has 1 saturated carbocycles. The minimum atomic E-state index is -0.551. The van der Waals surface area contributed by atoms with Gasteiger partial charge in [0.15, 0.2) is 5.82 Å². The Labute approximate surface area is 123 Å². The SMILES string of the molecule is Cn1ccnc1C(=O)C1CC(c2ccccc2)CCC1=O. The van der Waals surface area contributed by atoms with Gasteiger partial charge in [0.2, 0.25) is 5.78 Å². The normalized spacial score (nSPS) is 22.2. The number of Topliss-reactive ketones (excluding diaryl/α,β-unsaturated/α-hetero) is 2. The summed E-state index contributed by atoms with van der Waals surface area (Å²) in [6.07, 6.45) is 5.21. The molecule has 0 spiro atoms. The molecule has 1 aliphatic rings. The number of imidazole rings is 1. The lowest BCUT2D eigenvalue weighted by atomic mass is 9.75. The van der Waals surface area contributed by atoms with Gasteiger partial charge in [-0.15, -0.1) is 0 Å². The van der Waals surface area contributed by atoms with Crippen LogP contribution in [0, 0.1) is 5.92 Å². The van der Waals surface area contributed by atoms with Crippen molar-refractivity contribution in [3.63, 3.8) is 0 Å². The zero-order chi connectivity index (χ0) is 14.8. The average molecular weight is 282 g/mol. The van der Waals surface area contributed by atoms with Crippen LogP contribution in [0.15, 0.2) is 42.7 Å². The van der Waals surface area contributed by atoms with E-state index in [9.17, 15) is 9.59 Å². The third kappa shape index (κ3) is 2.66. The van der Waals surface area contributed by atoms with E-state index in [0.29, 0.717) is 18.7 Å². The Bertz CT molecular complexity index is 660. The second-order valence-electron chi connectivity index (χ2n) is 5.63. The molecule has 1 aliphatic carbocycles. The monoisotopic (exact) mass is 282 g/mol. The minimum Gasteiger partial charge on any atom is -0.332 e. The van der Waals surface area contributed by atoms with Crippen molar-refractivity contribution in [2.45, 2.75) is 25.2 Å². The molecule has 1 heterocycles. The fraction of sp³-hybridized carbons (Fsp3) is 0.353. The van der Waals surface area contributed by atoms with E-state index in [1.807, 2.05) is 18.2 Å². The van der Waals surface area contributed by atoms with Crippen molar-refractivity contribution in [2.24, 2.45) is 13.0 Å². The number of benzene rings is 1. The maximum absolute atomic E-state index is 12.6. The molecule has 108 valence electrons. The van der Waals surface area contributed by atoms with E-state index >= 15 is 0 Å². The van der Waals surface area contributed by atoms with E-state index < -0.39 is 5.92 Å². The van der Waals surface area contributed by atoms with Crippen LogP contribution in [-0.4, -0.2) is 21.1 Å². The third-order valence-electron chi connectivity index (χ3n) is 4.28. The molecule has 3 rings (SSSR count). The second-order valence-corrected chi connectivity index (χ2v) is 5.63. The smallest absolute Gasteiger partial charge is 0.208 e. The van der Waals surface area contributed by atoms with Crippen LogP contribution < -0.4 is 0 Å². The molecule has 1 aromatic heterocycles. The number of carbonyl (C=O) groups is 2. The van der Waals surface area contributed by atoms with Crippen LogP contribution in [0.4, 0.5) is 0 Å². The predicted molar refractivity (Wildman–Crippen MR) is 79.1 cm³/mol. The summed E-state index contributed by atoms with van der Waals surface area (Å²) in [5.41, 5.74) is 1.21. The number of rotatable bonds is 3. The van der Waals surface area contributed by atoms with Crippen LogP contribution in [0.3, 0.4) is 0 Å². The summed E-state index contributed by atoms with van der Waals surface area (Å²) in [6, 6.07) is 10.1. The highest BCUT2D eigenvalue weighted by molar-refractivity contribution is 6.09. The summed E-state index contributed by atoms with van der Waals surface area (Å²) < 4.78 is 1.68. The van der Waals surface area contributed by atoms with Gasteiger partial charge in [0, 0.05) is 25.9 Å². The largest absolute Gasteiger partial charge is 0.332 e. The van der Waals surface area contributed by atoms with E-state index in [4.69, 9.17) is 0 Å². The molecule has 2 unspecified atom stereocenters. The lowest BCUT2D eigenvalue weighted by molar-refractivity contribution is -0.123. The van der Waals surface area contributed by atoms with Crippen LogP contribution in [-0.2, 0) is 11.8 Å². The fourth-order valence-electron chi connectivity index (χ4n) is 3.06. The molecule has 21 heavy (non-hydrogen) atoms. The van der Waals surface area contributed by atoms with Gasteiger partial charge in [-0.05, 0) is 24.3 Å². The van der Waals surface area contributed by atoms with E-state index in [2.05, 4.69) is 17.1 Å². The van der Waals surface area contributed by atoms with Gasteiger partial charge in [-0.1, -0.05) is 30.3 Å². The Kier molecular flexibility index (Phi) is 3.69. The van der Waals surface area contributed by atoms with Crippen molar-refractivity contribution in [3.05, 3.63) is 54.1 Å². The van der Waals surface area contributed by atoms with Crippen molar-refractivity contribution in [1.82, 2.24) is 9.55 Å². The van der Waals surface area contributed by atoms with Gasteiger partial charge < -0.3 is 4.57 Å². The number of hydrogen-bond donors (Lipinski definition) is 0. The molecule has 2 atom stereocenters. The number of nitrogens with zero attached hydrogens (tertiary/aromatic N) is 2. The lowest BCUT2D eigenvalue weighted by Crippen LogP contribution is -2.32. The van der Waals surface area contributed by atoms with Gasteiger partial charge in [-0.2, -0.15) is 0 Å². The van der Waals surface area contributed by atoms with E-state index in [0.717, 1.165) is 6.42 Å². The van der Waals surface area contributed by atoms with Crippen LogP contribution >= 0.6 is 0 Å². The summed E-state index contributed by atoms with van der Waals surface area (Å²) in [5.74, 6) is 0.00792. The Morgan fingerprint density at radius 1 is 1.29 bits per heavy atom. The number of aromatic nitrogens is 2. The van der Waals surface area contributed by atoms with Crippen LogP contribution in [0.5, 0.6) is 0 Å². The first kappa shape index (κ1) is 13.7. The molecule has 4 nitrogen and oxygen atoms in total. The van der Waals surface area contributed by atoms with Gasteiger partial charge in [0.1, 0.15) is 5.78 Å². The van der Waals surface area contributed by atoms with Crippen molar-refractivity contribution < 1.29 is 9.59 Å². The van der Waals surface area contributed by atoms with Crippen molar-refractivity contribution in [2.75, 3.05) is 0 Å². The Morgan fingerprint density at radius 2 is 2.05 bits per heavy atom. The number of hydrogen-bond acceptors (Lipinski definition) is 3. The van der Waals surface area contributed by atoms with E-state index in [1.54, 1.807) is 24.0 Å². The van der Waals surface area contributed by atoms with Gasteiger partial charge in [-0.3, -0.25) is 9.59 Å². The zero-order valence-electron chi connectivity index (χ0n) is 12.0. The maximum Gasteiger partial charge on any atom is 0.208 e. The number of aryl methyl sites for hydroxylation is 1. The Hall–Kier alpha value is -2.23. The molecular weight excluding hydrogens is 264 g/mol. The highest BCUT2D eigenvalue weighted by Gasteiger charge is 2.36. The Balaban J connectivity index is 1.83. The molecule has 0 radical (unpaired) electrons. The quantitative estimate of drug-likeness (QED) is 0.642. The molecule has 1 fully saturated rings. The number of ketones is 2. The molecule has 0 N–H and O–H groups in total. The van der Waals surface area contributed by atoms with E-state index in [1.165, 1.54) is 5.56 Å². The second kappa shape index (κ2) is 5.64. The van der Waals surface area contributed by atoms with Crippen molar-refractivity contribution in [1.29, 1.82) is 0 Å². The molecule has 0 amide bonds. The minimum absolute atomic E-state index is 0.0511. The van der Waals surface area contributed by atoms with Gasteiger partial charge in [0.25, 0.3) is 0 Å². The highest BCUT2D eigenvalue weighted by atomic mass is 16.2. The summed E-state index contributed by atoms with van der Waals surface area (Å²) >= 11 is 0. The zero-order valence-corrected chi connectivity index (χ0v) is 12.0. The third-order valence-corrected chi connectivity index (χ3v) is 4.28. The Morgan fingerprint density at radius 3 is 2.71 bits per heavy atom. The number of carbonyl (C=O) groups excluding carboxylic acids is 2. The van der Waals surface area contributed by atoms with Crippen molar-refractivity contribution >= 4 is 11.6 Å². The molecular formula is C17H18N2O2. The van der Waals surface area contributed by atoms with Crippen LogP contribution in [0.1, 0.15) is 41.4 Å². The first-order valence-corrected chi connectivity index (χ1v) is 7.26. The summed E-state index contributed by atoms with van der Waals surface area (Å²) in [4.78, 5) is 28.8. The topological polar surface area (TPSA) is 52.0 Å². The van der Waals surface area contributed by atoms with Crippen LogP contribution in [0.25, 0.3) is 0 Å². The summed E-state index contributed by atoms with van der Waals surface area (Å²) in [5, 5.41) is 0. The fourth-order valence-corrected chi connectivity index (χ4v) is 3.06. The molecule has 2 aromatic rings. The average Bonchev–Trinajstić information content (AvgIpc) is 2.94. The first-order valence-electron chi connectivity index (χ1n) is 7.26. The lowest BCUT2D eigenvalue weighted by Gasteiger charge is -2.27. The van der Waals surface area contributed by atoms with Crippen LogP contribution in [0.2, 0.25) is 0 Å². The molecule has 0 aliphatic heterocycles. The summed E-state index contributed by atoms with van der Waals surface area (Å²) in [7, 11) is 1.78. The summed E-state index contributed by atoms with van der Waals surface area (Å²) in [6.45, 7) is 0. The van der Waals surface area contributed by atoms with Gasteiger partial charge in [0.05, 0.1) is 5.92 Å². The first-order chi connectivity index (χ1) is 10.2. The standard InChI is InChI=1S/C17H18N2O2/c1-19-10-9-18-17(19)16(21)14-11-13(7-8-15(14)20)12-5-3-2-4-6-12/h2-6,9-10,13-14H,7-8,11H2,1H3. The molecule has 0 saturated heterocycles. The predicted octanol–water partition coefficient (Wildman–Crippen LogP) is 2.76. The highest BCUT2D eigenvalue weighted by Crippen LogP contribution is 2.35. The molecule has 0 bridgehead atoms. The maximum atomic E-state index is 12.6. The molecule has 4 heteroatoms.